The van der Waals surface area contributed by atoms with E-state index in [2.05, 4.69) is 17.6 Å². The quantitative estimate of drug-likeness (QED) is 0.674. The molecule has 0 aliphatic heterocycles. The molecule has 0 bridgehead atoms. The lowest BCUT2D eigenvalue weighted by Gasteiger charge is -2.24. The summed E-state index contributed by atoms with van der Waals surface area (Å²) >= 11 is 0. The van der Waals surface area contributed by atoms with Gasteiger partial charge in [0.15, 0.2) is 0 Å². The van der Waals surface area contributed by atoms with E-state index in [0.717, 1.165) is 19.5 Å². The maximum absolute atomic E-state index is 10.9. The molecule has 1 aliphatic rings. The highest BCUT2D eigenvalue weighted by atomic mass is 16.4. The number of aliphatic carboxylic acids is 1. The minimum atomic E-state index is -0.721. The minimum Gasteiger partial charge on any atom is -0.481 e. The predicted octanol–water partition coefficient (Wildman–Crippen LogP) is 3.09. The first-order valence-corrected chi connectivity index (χ1v) is 6.87. The van der Waals surface area contributed by atoms with Crippen LogP contribution in [0.5, 0.6) is 0 Å². The number of carboxylic acids is 1. The number of rotatable bonds is 8. The van der Waals surface area contributed by atoms with Gasteiger partial charge in [-0.25, -0.2) is 0 Å². The van der Waals surface area contributed by atoms with Gasteiger partial charge in [0.2, 0.25) is 0 Å². The number of carboxylic acid groups (broad SMARTS) is 1. The molecule has 0 heterocycles. The molecular weight excluding hydrogens is 226 g/mol. The molecule has 3 heteroatoms. The summed E-state index contributed by atoms with van der Waals surface area (Å²) in [4.78, 5) is 13.1. The standard InChI is InChI=1S/C15H25NO2/c1-3-10-16(12-13(2)15(17)18)11-9-14-7-5-4-6-8-14/h3,7,13H,1,4-6,8-12H2,2H3,(H,17,18). The molecule has 102 valence electrons. The Balaban J connectivity index is 2.39. The van der Waals surface area contributed by atoms with Gasteiger partial charge in [0.1, 0.15) is 0 Å². The first-order chi connectivity index (χ1) is 8.63. The molecule has 0 radical (unpaired) electrons. The second-order valence-electron chi connectivity index (χ2n) is 5.15. The van der Waals surface area contributed by atoms with Crippen molar-refractivity contribution in [1.82, 2.24) is 4.90 Å². The Hall–Kier alpha value is -1.09. The topological polar surface area (TPSA) is 40.5 Å². The van der Waals surface area contributed by atoms with Crippen LogP contribution >= 0.6 is 0 Å². The van der Waals surface area contributed by atoms with Crippen molar-refractivity contribution < 1.29 is 9.90 Å². The largest absolute Gasteiger partial charge is 0.481 e. The van der Waals surface area contributed by atoms with Crippen LogP contribution in [0.4, 0.5) is 0 Å². The highest BCUT2D eigenvalue weighted by Gasteiger charge is 2.15. The van der Waals surface area contributed by atoms with Crippen LogP contribution < -0.4 is 0 Å². The van der Waals surface area contributed by atoms with Crippen molar-refractivity contribution in [3.05, 3.63) is 24.3 Å². The van der Waals surface area contributed by atoms with Crippen LogP contribution in [0.15, 0.2) is 24.3 Å². The van der Waals surface area contributed by atoms with Crippen LogP contribution in [0.1, 0.15) is 39.0 Å². The Morgan fingerprint density at radius 1 is 1.61 bits per heavy atom. The fraction of sp³-hybridized carbons (Fsp3) is 0.667. The van der Waals surface area contributed by atoms with Crippen molar-refractivity contribution in [2.75, 3.05) is 19.6 Å². The summed E-state index contributed by atoms with van der Waals surface area (Å²) in [5.41, 5.74) is 1.54. The van der Waals surface area contributed by atoms with E-state index in [9.17, 15) is 4.79 Å². The minimum absolute atomic E-state index is 0.315. The van der Waals surface area contributed by atoms with E-state index >= 15 is 0 Å². The van der Waals surface area contributed by atoms with E-state index in [-0.39, 0.29) is 5.92 Å². The molecule has 0 saturated heterocycles. The average Bonchev–Trinajstić information content (AvgIpc) is 2.37. The Labute approximate surface area is 110 Å². The summed E-state index contributed by atoms with van der Waals surface area (Å²) in [5.74, 6) is -1.04. The molecule has 0 fully saturated rings. The molecule has 0 aromatic heterocycles. The number of nitrogens with zero attached hydrogens (tertiary/aromatic N) is 1. The summed E-state index contributed by atoms with van der Waals surface area (Å²) in [6.45, 7) is 7.82. The Bertz CT molecular complexity index is 310. The Kier molecular flexibility index (Phi) is 6.73. The summed E-state index contributed by atoms with van der Waals surface area (Å²) in [6.07, 6.45) is 10.3. The van der Waals surface area contributed by atoms with Crippen molar-refractivity contribution in [2.24, 2.45) is 5.92 Å². The Morgan fingerprint density at radius 3 is 2.94 bits per heavy atom. The summed E-state index contributed by atoms with van der Waals surface area (Å²) in [6, 6.07) is 0. The third-order valence-corrected chi connectivity index (χ3v) is 3.48. The van der Waals surface area contributed by atoms with Gasteiger partial charge in [-0.1, -0.05) is 24.6 Å². The number of carbonyl (C=O) groups is 1. The SMILES string of the molecule is C=CCN(CCC1=CCCCC1)CC(C)C(=O)O. The van der Waals surface area contributed by atoms with Gasteiger partial charge in [-0.05, 0) is 32.1 Å². The van der Waals surface area contributed by atoms with Crippen molar-refractivity contribution in [3.63, 3.8) is 0 Å². The smallest absolute Gasteiger partial charge is 0.307 e. The molecule has 3 nitrogen and oxygen atoms in total. The van der Waals surface area contributed by atoms with Gasteiger partial charge in [-0.2, -0.15) is 0 Å². The van der Waals surface area contributed by atoms with Crippen molar-refractivity contribution in [3.8, 4) is 0 Å². The summed E-state index contributed by atoms with van der Waals surface area (Å²) in [5, 5.41) is 8.95. The van der Waals surface area contributed by atoms with Crippen molar-refractivity contribution in [2.45, 2.75) is 39.0 Å². The van der Waals surface area contributed by atoms with Crippen LogP contribution in [-0.4, -0.2) is 35.6 Å². The molecule has 1 unspecified atom stereocenters. The second kappa shape index (κ2) is 8.09. The van der Waals surface area contributed by atoms with Gasteiger partial charge in [0.25, 0.3) is 0 Å². The van der Waals surface area contributed by atoms with E-state index in [4.69, 9.17) is 5.11 Å². The molecule has 0 spiro atoms. The molecule has 0 aromatic carbocycles. The highest BCUT2D eigenvalue weighted by molar-refractivity contribution is 5.69. The summed E-state index contributed by atoms with van der Waals surface area (Å²) < 4.78 is 0. The predicted molar refractivity (Wildman–Crippen MR) is 74.6 cm³/mol. The fourth-order valence-corrected chi connectivity index (χ4v) is 2.34. The lowest BCUT2D eigenvalue weighted by Crippen LogP contribution is -2.33. The molecule has 0 saturated carbocycles. The van der Waals surface area contributed by atoms with Crippen molar-refractivity contribution >= 4 is 5.97 Å². The van der Waals surface area contributed by atoms with Crippen molar-refractivity contribution in [1.29, 1.82) is 0 Å². The third-order valence-electron chi connectivity index (χ3n) is 3.48. The normalized spacial score (nSPS) is 17.3. The van der Waals surface area contributed by atoms with E-state index in [0.29, 0.717) is 6.54 Å². The fourth-order valence-electron chi connectivity index (χ4n) is 2.34. The maximum atomic E-state index is 10.9. The van der Waals surface area contributed by atoms with Crippen LogP contribution in [-0.2, 0) is 4.79 Å². The first-order valence-electron chi connectivity index (χ1n) is 6.87. The lowest BCUT2D eigenvalue weighted by molar-refractivity contribution is -0.141. The first kappa shape index (κ1) is 15.0. The molecule has 1 atom stereocenters. The molecule has 1 aliphatic carbocycles. The monoisotopic (exact) mass is 251 g/mol. The molecular formula is C15H25NO2. The average molecular weight is 251 g/mol. The Morgan fingerprint density at radius 2 is 2.39 bits per heavy atom. The maximum Gasteiger partial charge on any atom is 0.307 e. The van der Waals surface area contributed by atoms with Crippen LogP contribution in [0.3, 0.4) is 0 Å². The van der Waals surface area contributed by atoms with Crippen LogP contribution in [0.2, 0.25) is 0 Å². The van der Waals surface area contributed by atoms with Gasteiger partial charge in [0.05, 0.1) is 5.92 Å². The molecule has 0 aromatic rings. The zero-order valence-corrected chi connectivity index (χ0v) is 11.4. The van der Waals surface area contributed by atoms with Crippen LogP contribution in [0, 0.1) is 5.92 Å². The van der Waals surface area contributed by atoms with Crippen LogP contribution in [0.25, 0.3) is 0 Å². The summed E-state index contributed by atoms with van der Waals surface area (Å²) in [7, 11) is 0. The second-order valence-corrected chi connectivity index (χ2v) is 5.15. The molecule has 0 amide bonds. The van der Waals surface area contributed by atoms with E-state index < -0.39 is 5.97 Å². The zero-order valence-electron chi connectivity index (χ0n) is 11.4. The van der Waals surface area contributed by atoms with Gasteiger partial charge in [-0.15, -0.1) is 6.58 Å². The van der Waals surface area contributed by atoms with E-state index in [1.807, 2.05) is 6.08 Å². The molecule has 1 rings (SSSR count). The lowest BCUT2D eigenvalue weighted by atomic mass is 9.97. The van der Waals surface area contributed by atoms with E-state index in [1.165, 1.54) is 25.7 Å². The number of hydrogen-bond acceptors (Lipinski definition) is 2. The number of allylic oxidation sites excluding steroid dienone is 1. The highest BCUT2D eigenvalue weighted by Crippen LogP contribution is 2.20. The van der Waals surface area contributed by atoms with Gasteiger partial charge in [0, 0.05) is 19.6 Å². The van der Waals surface area contributed by atoms with Gasteiger partial charge in [-0.3, -0.25) is 9.69 Å². The zero-order chi connectivity index (χ0) is 13.4. The van der Waals surface area contributed by atoms with E-state index in [1.54, 1.807) is 12.5 Å². The van der Waals surface area contributed by atoms with Gasteiger partial charge < -0.3 is 5.11 Å². The van der Waals surface area contributed by atoms with Gasteiger partial charge >= 0.3 is 5.97 Å². The third kappa shape index (κ3) is 5.50. The molecule has 1 N–H and O–H groups in total. The number of hydrogen-bond donors (Lipinski definition) is 1. The molecule has 18 heavy (non-hydrogen) atoms.